The van der Waals surface area contributed by atoms with Crippen molar-refractivity contribution in [1.82, 2.24) is 19.5 Å². The lowest BCUT2D eigenvalue weighted by molar-refractivity contribution is 0.832. The molecule has 0 aliphatic rings. The molecule has 0 atom stereocenters. The zero-order valence-electron chi connectivity index (χ0n) is 10.2. The summed E-state index contributed by atoms with van der Waals surface area (Å²) in [5.41, 5.74) is -0.0390. The van der Waals surface area contributed by atoms with Gasteiger partial charge in [0.2, 0.25) is 0 Å². The fraction of sp³-hybridized carbons (Fsp3) is 0.0833. The minimum atomic E-state index is -0.530. The standard InChI is InChI=1S/C12H8Cl2N4O2/c1-18-10-8(11(19)17-12(18)20)15-9(16-10)5-3-2-4-6(13)7(5)14/h2-4H,1H3,(H,15,16)(H,17,19,20). The number of halogens is 2. The van der Waals surface area contributed by atoms with Crippen LogP contribution in [0.1, 0.15) is 0 Å². The average Bonchev–Trinajstić information content (AvgIpc) is 2.85. The highest BCUT2D eigenvalue weighted by Gasteiger charge is 2.14. The number of imidazole rings is 1. The van der Waals surface area contributed by atoms with Gasteiger partial charge in [-0.3, -0.25) is 14.3 Å². The first-order valence-electron chi connectivity index (χ1n) is 5.62. The van der Waals surface area contributed by atoms with Crippen LogP contribution in [0.2, 0.25) is 10.0 Å². The van der Waals surface area contributed by atoms with Crippen LogP contribution < -0.4 is 11.2 Å². The first kappa shape index (κ1) is 13.0. The van der Waals surface area contributed by atoms with Crippen molar-refractivity contribution in [2.45, 2.75) is 0 Å². The van der Waals surface area contributed by atoms with Crippen molar-refractivity contribution in [3.05, 3.63) is 49.1 Å². The Morgan fingerprint density at radius 2 is 1.95 bits per heavy atom. The molecule has 102 valence electrons. The Hall–Kier alpha value is -2.05. The Morgan fingerprint density at radius 1 is 1.20 bits per heavy atom. The van der Waals surface area contributed by atoms with Gasteiger partial charge in [-0.15, -0.1) is 0 Å². The van der Waals surface area contributed by atoms with Gasteiger partial charge in [-0.2, -0.15) is 0 Å². The van der Waals surface area contributed by atoms with Gasteiger partial charge in [-0.25, -0.2) is 9.78 Å². The van der Waals surface area contributed by atoms with Gasteiger partial charge in [-0.1, -0.05) is 29.3 Å². The summed E-state index contributed by atoms with van der Waals surface area (Å²) in [6, 6.07) is 5.09. The summed E-state index contributed by atoms with van der Waals surface area (Å²) in [5, 5.41) is 0.710. The summed E-state index contributed by atoms with van der Waals surface area (Å²) in [4.78, 5) is 32.6. The number of hydrogen-bond acceptors (Lipinski definition) is 3. The molecule has 0 aliphatic carbocycles. The molecular weight excluding hydrogens is 303 g/mol. The van der Waals surface area contributed by atoms with Crippen LogP contribution in [-0.2, 0) is 7.05 Å². The summed E-state index contributed by atoms with van der Waals surface area (Å²) in [6.07, 6.45) is 0. The van der Waals surface area contributed by atoms with Crippen molar-refractivity contribution in [1.29, 1.82) is 0 Å². The molecule has 0 amide bonds. The van der Waals surface area contributed by atoms with Crippen LogP contribution in [0.5, 0.6) is 0 Å². The van der Waals surface area contributed by atoms with Gasteiger partial charge in [0.05, 0.1) is 10.0 Å². The number of hydrogen-bond donors (Lipinski definition) is 2. The number of benzene rings is 1. The number of aryl methyl sites for hydroxylation is 1. The first-order chi connectivity index (χ1) is 9.49. The second-order valence-corrected chi connectivity index (χ2v) is 4.99. The minimum absolute atomic E-state index is 0.207. The quantitative estimate of drug-likeness (QED) is 0.720. The highest BCUT2D eigenvalue weighted by Crippen LogP contribution is 2.32. The lowest BCUT2D eigenvalue weighted by Gasteiger charge is -2.01. The molecule has 2 aromatic heterocycles. The van der Waals surface area contributed by atoms with Crippen molar-refractivity contribution in [2.24, 2.45) is 7.05 Å². The monoisotopic (exact) mass is 310 g/mol. The number of rotatable bonds is 1. The first-order valence-corrected chi connectivity index (χ1v) is 6.38. The van der Waals surface area contributed by atoms with Crippen molar-refractivity contribution < 1.29 is 0 Å². The normalized spacial score (nSPS) is 11.2. The van der Waals surface area contributed by atoms with E-state index in [2.05, 4.69) is 15.0 Å². The average molecular weight is 311 g/mol. The van der Waals surface area contributed by atoms with Crippen LogP contribution in [-0.4, -0.2) is 19.5 Å². The summed E-state index contributed by atoms with van der Waals surface area (Å²) < 4.78 is 1.25. The number of aromatic amines is 2. The van der Waals surface area contributed by atoms with E-state index in [4.69, 9.17) is 23.2 Å². The van der Waals surface area contributed by atoms with Crippen molar-refractivity contribution in [3.63, 3.8) is 0 Å². The fourth-order valence-electron chi connectivity index (χ4n) is 1.92. The van der Waals surface area contributed by atoms with E-state index in [-0.39, 0.29) is 11.2 Å². The lowest BCUT2D eigenvalue weighted by Crippen LogP contribution is -2.28. The molecule has 1 aromatic carbocycles. The number of nitrogens with one attached hydrogen (secondary N) is 2. The molecule has 0 bridgehead atoms. The molecule has 0 saturated carbocycles. The lowest BCUT2D eigenvalue weighted by atomic mass is 10.2. The summed E-state index contributed by atoms with van der Waals surface area (Å²) in [7, 11) is 1.52. The van der Waals surface area contributed by atoms with E-state index in [1.165, 1.54) is 11.6 Å². The summed E-state index contributed by atoms with van der Waals surface area (Å²) in [6.45, 7) is 0. The fourth-order valence-corrected chi connectivity index (χ4v) is 2.31. The van der Waals surface area contributed by atoms with Gasteiger partial charge in [-0.05, 0) is 12.1 Å². The van der Waals surface area contributed by atoms with Crippen LogP contribution in [0.15, 0.2) is 27.8 Å². The molecule has 6 nitrogen and oxygen atoms in total. The molecule has 0 unspecified atom stereocenters. The van der Waals surface area contributed by atoms with Gasteiger partial charge in [0, 0.05) is 12.6 Å². The SMILES string of the molecule is Cn1c(=O)[nH]c(=O)c2[nH]c(-c3cccc(Cl)c3Cl)nc21. The summed E-state index contributed by atoms with van der Waals surface area (Å²) in [5.74, 6) is 0.374. The highest BCUT2D eigenvalue weighted by atomic mass is 35.5. The molecule has 2 N–H and O–H groups in total. The summed E-state index contributed by atoms with van der Waals surface area (Å²) >= 11 is 12.1. The van der Waals surface area contributed by atoms with E-state index < -0.39 is 11.2 Å². The van der Waals surface area contributed by atoms with Crippen LogP contribution in [0, 0.1) is 0 Å². The van der Waals surface area contributed by atoms with E-state index in [1.54, 1.807) is 18.2 Å². The van der Waals surface area contributed by atoms with E-state index in [0.717, 1.165) is 0 Å². The molecule has 0 fully saturated rings. The topological polar surface area (TPSA) is 83.5 Å². The third-order valence-electron chi connectivity index (χ3n) is 2.96. The maximum Gasteiger partial charge on any atom is 0.329 e. The van der Waals surface area contributed by atoms with Crippen LogP contribution in [0.4, 0.5) is 0 Å². The molecule has 3 rings (SSSR count). The van der Waals surface area contributed by atoms with Crippen LogP contribution in [0.25, 0.3) is 22.6 Å². The van der Waals surface area contributed by atoms with Gasteiger partial charge in [0.25, 0.3) is 5.56 Å². The van der Waals surface area contributed by atoms with E-state index in [1.807, 2.05) is 0 Å². The van der Waals surface area contributed by atoms with E-state index >= 15 is 0 Å². The Labute approximate surface area is 122 Å². The molecule has 0 radical (unpaired) electrons. The second kappa shape index (κ2) is 4.50. The predicted molar refractivity (Wildman–Crippen MR) is 77.4 cm³/mol. The number of aromatic nitrogens is 4. The molecule has 2 heterocycles. The predicted octanol–water partition coefficient (Wildman–Crippen LogP) is 1.92. The maximum absolute atomic E-state index is 11.7. The van der Waals surface area contributed by atoms with Crippen molar-refractivity contribution in [3.8, 4) is 11.4 Å². The Kier molecular flexibility index (Phi) is 2.92. The number of H-pyrrole nitrogens is 2. The third-order valence-corrected chi connectivity index (χ3v) is 3.78. The minimum Gasteiger partial charge on any atom is -0.332 e. The van der Waals surface area contributed by atoms with E-state index in [9.17, 15) is 9.59 Å². The zero-order chi connectivity index (χ0) is 14.4. The molecule has 0 saturated heterocycles. The van der Waals surface area contributed by atoms with Gasteiger partial charge < -0.3 is 4.98 Å². The van der Waals surface area contributed by atoms with Crippen LogP contribution in [0.3, 0.4) is 0 Å². The highest BCUT2D eigenvalue weighted by molar-refractivity contribution is 6.43. The molecule has 3 aromatic rings. The Bertz CT molecular complexity index is 939. The van der Waals surface area contributed by atoms with Gasteiger partial charge in [0.15, 0.2) is 5.65 Å². The Balaban J connectivity index is 2.37. The molecular formula is C12H8Cl2N4O2. The van der Waals surface area contributed by atoms with Crippen LogP contribution >= 0.6 is 23.2 Å². The Morgan fingerprint density at radius 3 is 2.70 bits per heavy atom. The molecule has 0 aliphatic heterocycles. The molecule has 20 heavy (non-hydrogen) atoms. The maximum atomic E-state index is 11.7. The van der Waals surface area contributed by atoms with Crippen molar-refractivity contribution in [2.75, 3.05) is 0 Å². The zero-order valence-corrected chi connectivity index (χ0v) is 11.7. The van der Waals surface area contributed by atoms with Gasteiger partial charge >= 0.3 is 5.69 Å². The number of nitrogens with zero attached hydrogens (tertiary/aromatic N) is 2. The number of fused-ring (bicyclic) bond motifs is 1. The largest absolute Gasteiger partial charge is 0.332 e. The third kappa shape index (κ3) is 1.85. The molecule has 0 spiro atoms. The smallest absolute Gasteiger partial charge is 0.329 e. The van der Waals surface area contributed by atoms with Gasteiger partial charge in [0.1, 0.15) is 11.3 Å². The van der Waals surface area contributed by atoms with Crippen molar-refractivity contribution >= 4 is 34.4 Å². The second-order valence-electron chi connectivity index (χ2n) is 4.20. The molecule has 8 heteroatoms. The van der Waals surface area contributed by atoms with E-state index in [0.29, 0.717) is 21.4 Å².